The average Bonchev–Trinajstić information content (AvgIpc) is 2.64. The predicted octanol–water partition coefficient (Wildman–Crippen LogP) is 0.476. The van der Waals surface area contributed by atoms with Crippen LogP contribution >= 0.6 is 0 Å². The van der Waals surface area contributed by atoms with Gasteiger partial charge in [-0.1, -0.05) is 6.92 Å². The molecule has 0 aromatic rings. The molecule has 14 heavy (non-hydrogen) atoms. The first-order valence-corrected chi connectivity index (χ1v) is 5.07. The number of carbonyl (C=O) groups is 2. The Bertz CT molecular complexity index is 240. The van der Waals surface area contributed by atoms with Crippen LogP contribution in [-0.2, 0) is 9.59 Å². The molecule has 0 aromatic heterocycles. The highest BCUT2D eigenvalue weighted by Gasteiger charge is 2.28. The van der Waals surface area contributed by atoms with Gasteiger partial charge in [-0.2, -0.15) is 0 Å². The van der Waals surface area contributed by atoms with Gasteiger partial charge in [-0.25, -0.2) is 0 Å². The van der Waals surface area contributed by atoms with Crippen LogP contribution in [-0.4, -0.2) is 47.8 Å². The Labute approximate surface area is 84.9 Å². The van der Waals surface area contributed by atoms with Gasteiger partial charge in [0.15, 0.2) is 0 Å². The lowest BCUT2D eigenvalue weighted by atomic mass is 10.2. The largest absolute Gasteiger partial charge is 0.341 e. The maximum atomic E-state index is 11.4. The summed E-state index contributed by atoms with van der Waals surface area (Å²) in [5, 5.41) is 0. The molecule has 1 aliphatic heterocycles. The van der Waals surface area contributed by atoms with Gasteiger partial charge in [0, 0.05) is 33.5 Å². The molecule has 0 aromatic carbocycles. The van der Waals surface area contributed by atoms with Crippen molar-refractivity contribution in [1.29, 1.82) is 0 Å². The van der Waals surface area contributed by atoms with Crippen LogP contribution in [0.25, 0.3) is 0 Å². The number of hydrogen-bond donors (Lipinski definition) is 0. The van der Waals surface area contributed by atoms with Crippen molar-refractivity contribution in [2.45, 2.75) is 32.7 Å². The molecule has 1 atom stereocenters. The highest BCUT2D eigenvalue weighted by Crippen LogP contribution is 2.15. The van der Waals surface area contributed by atoms with Gasteiger partial charge in [-0.3, -0.25) is 9.59 Å². The molecule has 1 fully saturated rings. The van der Waals surface area contributed by atoms with Crippen LogP contribution in [0.1, 0.15) is 26.7 Å². The van der Waals surface area contributed by atoms with E-state index in [-0.39, 0.29) is 17.9 Å². The molecule has 0 saturated carbocycles. The van der Waals surface area contributed by atoms with E-state index in [1.807, 2.05) is 11.8 Å². The Morgan fingerprint density at radius 1 is 1.50 bits per heavy atom. The minimum atomic E-state index is 0.0702. The summed E-state index contributed by atoms with van der Waals surface area (Å²) in [6.45, 7) is 4.91. The van der Waals surface area contributed by atoms with E-state index in [1.54, 1.807) is 18.9 Å². The van der Waals surface area contributed by atoms with E-state index in [9.17, 15) is 9.59 Å². The number of rotatable bonds is 2. The lowest BCUT2D eigenvalue weighted by Crippen LogP contribution is -2.38. The van der Waals surface area contributed by atoms with E-state index in [0.717, 1.165) is 13.0 Å². The third-order valence-electron chi connectivity index (χ3n) is 2.86. The number of hydrogen-bond acceptors (Lipinski definition) is 2. The van der Waals surface area contributed by atoms with E-state index in [4.69, 9.17) is 0 Å². The monoisotopic (exact) mass is 198 g/mol. The second-order valence-corrected chi connectivity index (χ2v) is 3.77. The van der Waals surface area contributed by atoms with Gasteiger partial charge in [0.05, 0.1) is 6.04 Å². The van der Waals surface area contributed by atoms with E-state index < -0.39 is 0 Å². The van der Waals surface area contributed by atoms with E-state index in [2.05, 4.69) is 0 Å². The Morgan fingerprint density at radius 3 is 2.64 bits per heavy atom. The summed E-state index contributed by atoms with van der Waals surface area (Å²) in [5.41, 5.74) is 0. The molecule has 1 unspecified atom stereocenters. The Balaban J connectivity index is 2.49. The van der Waals surface area contributed by atoms with Crippen LogP contribution in [0.4, 0.5) is 0 Å². The lowest BCUT2D eigenvalue weighted by molar-refractivity contribution is -0.132. The molecule has 4 heteroatoms. The zero-order chi connectivity index (χ0) is 10.7. The molecule has 0 radical (unpaired) electrons. The van der Waals surface area contributed by atoms with Gasteiger partial charge in [0.1, 0.15) is 0 Å². The second-order valence-electron chi connectivity index (χ2n) is 3.77. The first kappa shape index (κ1) is 11.0. The molecular weight excluding hydrogens is 180 g/mol. The van der Waals surface area contributed by atoms with Crippen molar-refractivity contribution in [2.75, 3.05) is 20.1 Å². The molecular formula is C10H18N2O2. The van der Waals surface area contributed by atoms with Crippen molar-refractivity contribution in [3.8, 4) is 0 Å². The summed E-state index contributed by atoms with van der Waals surface area (Å²) in [6.07, 6.45) is 1.46. The van der Waals surface area contributed by atoms with Crippen molar-refractivity contribution < 1.29 is 9.59 Å². The Hall–Kier alpha value is -1.06. The molecule has 1 aliphatic rings. The highest BCUT2D eigenvalue weighted by atomic mass is 16.2. The van der Waals surface area contributed by atoms with Gasteiger partial charge >= 0.3 is 0 Å². The van der Waals surface area contributed by atoms with E-state index in [0.29, 0.717) is 13.0 Å². The summed E-state index contributed by atoms with van der Waals surface area (Å²) in [7, 11) is 1.80. The summed E-state index contributed by atoms with van der Waals surface area (Å²) >= 11 is 0. The quantitative estimate of drug-likeness (QED) is 0.647. The van der Waals surface area contributed by atoms with E-state index in [1.165, 1.54) is 0 Å². The standard InChI is InChI=1S/C10H18N2O2/c1-4-10(14)12-6-5-9(7-12)11(3)8(2)13/h9H,4-7H2,1-3H3. The number of amides is 2. The SMILES string of the molecule is CCC(=O)N1CCC(N(C)C(C)=O)C1. The average molecular weight is 198 g/mol. The third kappa shape index (κ3) is 2.25. The maximum absolute atomic E-state index is 11.4. The van der Waals surface area contributed by atoms with Crippen molar-refractivity contribution in [1.82, 2.24) is 9.80 Å². The zero-order valence-corrected chi connectivity index (χ0v) is 9.12. The number of likely N-dealkylation sites (tertiary alicyclic amines) is 1. The van der Waals surface area contributed by atoms with Crippen LogP contribution < -0.4 is 0 Å². The summed E-state index contributed by atoms with van der Waals surface area (Å²) < 4.78 is 0. The van der Waals surface area contributed by atoms with Crippen molar-refractivity contribution in [3.05, 3.63) is 0 Å². The summed E-state index contributed by atoms with van der Waals surface area (Å²) in [6, 6.07) is 0.211. The third-order valence-corrected chi connectivity index (χ3v) is 2.86. The van der Waals surface area contributed by atoms with Gasteiger partial charge in [-0.05, 0) is 6.42 Å². The minimum Gasteiger partial charge on any atom is -0.341 e. The topological polar surface area (TPSA) is 40.6 Å². The van der Waals surface area contributed by atoms with Crippen molar-refractivity contribution in [2.24, 2.45) is 0 Å². The summed E-state index contributed by atoms with van der Waals surface area (Å²) in [4.78, 5) is 26.0. The maximum Gasteiger partial charge on any atom is 0.222 e. The number of nitrogens with zero attached hydrogens (tertiary/aromatic N) is 2. The molecule has 0 spiro atoms. The van der Waals surface area contributed by atoms with Crippen LogP contribution in [0.2, 0.25) is 0 Å². The highest BCUT2D eigenvalue weighted by molar-refractivity contribution is 5.77. The molecule has 4 nitrogen and oxygen atoms in total. The molecule has 1 rings (SSSR count). The van der Waals surface area contributed by atoms with Crippen LogP contribution in [0.3, 0.4) is 0 Å². The van der Waals surface area contributed by atoms with Gasteiger partial charge in [-0.15, -0.1) is 0 Å². The Kier molecular flexibility index (Phi) is 3.49. The van der Waals surface area contributed by atoms with Crippen molar-refractivity contribution >= 4 is 11.8 Å². The summed E-state index contributed by atoms with van der Waals surface area (Å²) in [5.74, 6) is 0.255. The van der Waals surface area contributed by atoms with Crippen LogP contribution in [0, 0.1) is 0 Å². The zero-order valence-electron chi connectivity index (χ0n) is 9.12. The van der Waals surface area contributed by atoms with Crippen LogP contribution in [0.5, 0.6) is 0 Å². The molecule has 0 bridgehead atoms. The van der Waals surface area contributed by atoms with Crippen LogP contribution in [0.15, 0.2) is 0 Å². The molecule has 1 heterocycles. The smallest absolute Gasteiger partial charge is 0.222 e. The second kappa shape index (κ2) is 4.44. The van der Waals surface area contributed by atoms with Gasteiger partial charge < -0.3 is 9.80 Å². The fourth-order valence-electron chi connectivity index (χ4n) is 1.77. The molecule has 2 amide bonds. The van der Waals surface area contributed by atoms with Gasteiger partial charge in [0.25, 0.3) is 0 Å². The lowest BCUT2D eigenvalue weighted by Gasteiger charge is -2.23. The normalized spacial score (nSPS) is 21.1. The molecule has 80 valence electrons. The number of likely N-dealkylation sites (N-methyl/N-ethyl adjacent to an activating group) is 1. The van der Waals surface area contributed by atoms with E-state index >= 15 is 0 Å². The fourth-order valence-corrected chi connectivity index (χ4v) is 1.77. The first-order valence-electron chi connectivity index (χ1n) is 5.07. The molecule has 1 saturated heterocycles. The Morgan fingerprint density at radius 2 is 2.14 bits per heavy atom. The van der Waals surface area contributed by atoms with Gasteiger partial charge in [0.2, 0.25) is 11.8 Å². The molecule has 0 N–H and O–H groups in total. The fraction of sp³-hybridized carbons (Fsp3) is 0.800. The van der Waals surface area contributed by atoms with Crippen molar-refractivity contribution in [3.63, 3.8) is 0 Å². The number of carbonyl (C=O) groups excluding carboxylic acids is 2. The minimum absolute atomic E-state index is 0.0702. The first-order chi connectivity index (χ1) is 6.56. The predicted molar refractivity (Wildman–Crippen MR) is 53.7 cm³/mol. The molecule has 0 aliphatic carbocycles.